The molecule has 4 atom stereocenters. The smallest absolute Gasteiger partial charge is 0.340 e. The first-order valence-corrected chi connectivity index (χ1v) is 13.7. The van der Waals surface area contributed by atoms with Gasteiger partial charge in [0, 0.05) is 0 Å². The molecule has 0 saturated carbocycles. The first-order valence-electron chi connectivity index (χ1n) is 13.7. The Morgan fingerprint density at radius 1 is 0.696 bits per heavy atom. The van der Waals surface area contributed by atoms with Gasteiger partial charge in [0.2, 0.25) is 17.4 Å². The number of Topliss-reactive ketones (excluding diaryl/α,β-unsaturated/α-hetero) is 2. The number of hydrogen-bond acceptors (Lipinski definition) is 18. The number of nitrogens with one attached hydrogen (secondary N) is 2. The van der Waals surface area contributed by atoms with Gasteiger partial charge in [-0.15, -0.1) is 0 Å². The molecule has 0 radical (unpaired) electrons. The van der Waals surface area contributed by atoms with Crippen LogP contribution in [0.15, 0.2) is 34.2 Å². The van der Waals surface area contributed by atoms with E-state index >= 15 is 0 Å². The topological polar surface area (TPSA) is 234 Å². The summed E-state index contributed by atoms with van der Waals surface area (Å²) in [5.74, 6) is -16.3. The maximum Gasteiger partial charge on any atom is 0.340 e. The summed E-state index contributed by atoms with van der Waals surface area (Å²) in [6.07, 6.45) is -1.93. The van der Waals surface area contributed by atoms with Crippen LogP contribution in [-0.2, 0) is 76.3 Å². The van der Waals surface area contributed by atoms with Crippen LogP contribution in [0.25, 0.3) is 0 Å². The molecule has 0 amide bonds. The second-order valence-electron chi connectivity index (χ2n) is 9.38. The Morgan fingerprint density at radius 3 is 1.72 bits per heavy atom. The molecule has 46 heavy (non-hydrogen) atoms. The third-order valence-electron chi connectivity index (χ3n) is 6.91. The van der Waals surface area contributed by atoms with Crippen molar-refractivity contribution in [2.24, 2.45) is 17.8 Å². The second kappa shape index (κ2) is 15.0. The molecule has 18 nitrogen and oxygen atoms in total. The van der Waals surface area contributed by atoms with E-state index in [9.17, 15) is 38.4 Å². The minimum absolute atomic E-state index is 0.00200. The lowest BCUT2D eigenvalue weighted by atomic mass is 9.68. The molecule has 1 aliphatic carbocycles. The largest absolute Gasteiger partial charge is 0.469 e. The molecule has 0 aromatic rings. The van der Waals surface area contributed by atoms with E-state index in [1.807, 2.05) is 0 Å². The number of carbonyl (C=O) groups excluding carboxylic acids is 8. The first kappa shape index (κ1) is 35.1. The van der Waals surface area contributed by atoms with Crippen LogP contribution in [0.3, 0.4) is 0 Å². The molecule has 3 rings (SSSR count). The predicted octanol–water partition coefficient (Wildman–Crippen LogP) is -1.91. The molecule has 2 aliphatic heterocycles. The van der Waals surface area contributed by atoms with Gasteiger partial charge in [-0.3, -0.25) is 28.8 Å². The normalized spacial score (nSPS) is 21.9. The Balaban J connectivity index is 2.23. The molecule has 18 heteroatoms. The molecule has 3 aliphatic rings. The van der Waals surface area contributed by atoms with Crippen molar-refractivity contribution in [2.45, 2.75) is 20.0 Å². The monoisotopic (exact) mass is 652 g/mol. The van der Waals surface area contributed by atoms with E-state index in [-0.39, 0.29) is 13.2 Å². The highest BCUT2D eigenvalue weighted by Crippen LogP contribution is 2.46. The van der Waals surface area contributed by atoms with Crippen molar-refractivity contribution in [1.29, 1.82) is 0 Å². The Morgan fingerprint density at radius 2 is 1.22 bits per heavy atom. The summed E-state index contributed by atoms with van der Waals surface area (Å²) in [7, 11) is 3.84. The van der Waals surface area contributed by atoms with Gasteiger partial charge in [0.25, 0.3) is 0 Å². The summed E-state index contributed by atoms with van der Waals surface area (Å²) in [4.78, 5) is 105. The van der Waals surface area contributed by atoms with Gasteiger partial charge < -0.3 is 48.5 Å². The third kappa shape index (κ3) is 6.64. The van der Waals surface area contributed by atoms with Crippen LogP contribution in [0.2, 0.25) is 0 Å². The molecule has 2 heterocycles. The zero-order chi connectivity index (χ0) is 34.3. The molecule has 4 unspecified atom stereocenters. The highest BCUT2D eigenvalue weighted by atomic mass is 16.6. The summed E-state index contributed by atoms with van der Waals surface area (Å²) in [5, 5.41) is 4.94. The van der Waals surface area contributed by atoms with E-state index in [0.29, 0.717) is 0 Å². The highest BCUT2D eigenvalue weighted by molar-refractivity contribution is 6.20. The van der Waals surface area contributed by atoms with Crippen LogP contribution < -0.4 is 10.6 Å². The first-order chi connectivity index (χ1) is 21.9. The fraction of sp³-hybridized carbons (Fsp3) is 0.500. The van der Waals surface area contributed by atoms with Gasteiger partial charge in [-0.2, -0.15) is 0 Å². The zero-order valence-corrected chi connectivity index (χ0v) is 25.7. The van der Waals surface area contributed by atoms with Gasteiger partial charge in [-0.1, -0.05) is 0 Å². The quantitative estimate of drug-likeness (QED) is 0.173. The molecule has 250 valence electrons. The van der Waals surface area contributed by atoms with Crippen LogP contribution in [0, 0.1) is 17.8 Å². The maximum atomic E-state index is 14.2. The van der Waals surface area contributed by atoms with E-state index < -0.39 is 119 Å². The van der Waals surface area contributed by atoms with Crippen molar-refractivity contribution in [1.82, 2.24) is 10.6 Å². The molecular formula is C28H32N2O16. The number of carbonyl (C=O) groups is 8. The van der Waals surface area contributed by atoms with Gasteiger partial charge in [0.15, 0.2) is 17.7 Å². The van der Waals surface area contributed by atoms with Crippen molar-refractivity contribution < 1.29 is 76.3 Å². The number of ether oxygens (including phenoxy) is 8. The molecule has 0 fully saturated rings. The lowest BCUT2D eigenvalue weighted by Gasteiger charge is -2.42. The lowest BCUT2D eigenvalue weighted by molar-refractivity contribution is -0.161. The summed E-state index contributed by atoms with van der Waals surface area (Å²) in [6.45, 7) is 1.87. The summed E-state index contributed by atoms with van der Waals surface area (Å²) in [5.41, 5.74) is -1.93. The van der Waals surface area contributed by atoms with Crippen molar-refractivity contribution >= 4 is 47.4 Å². The van der Waals surface area contributed by atoms with E-state index in [0.717, 1.165) is 28.4 Å². The van der Waals surface area contributed by atoms with Crippen LogP contribution >= 0.6 is 0 Å². The average Bonchev–Trinajstić information content (AvgIpc) is 3.05. The van der Waals surface area contributed by atoms with Gasteiger partial charge in [-0.05, 0) is 13.8 Å². The Bertz CT molecular complexity index is 1400. The molecule has 0 bridgehead atoms. The fourth-order valence-electron chi connectivity index (χ4n) is 5.02. The van der Waals surface area contributed by atoms with Gasteiger partial charge in [0.1, 0.15) is 36.1 Å². The van der Waals surface area contributed by atoms with E-state index in [4.69, 9.17) is 37.9 Å². The van der Waals surface area contributed by atoms with Crippen LogP contribution in [-0.4, -0.2) is 108 Å². The zero-order valence-electron chi connectivity index (χ0n) is 25.7. The summed E-state index contributed by atoms with van der Waals surface area (Å²) >= 11 is 0. The van der Waals surface area contributed by atoms with Crippen molar-refractivity contribution in [3.05, 3.63) is 34.2 Å². The Hall–Kier alpha value is -5.42. The number of esters is 6. The fourth-order valence-corrected chi connectivity index (χ4v) is 5.02. The highest BCUT2D eigenvalue weighted by Gasteiger charge is 2.61. The minimum Gasteiger partial charge on any atom is -0.469 e. The number of rotatable bonds is 12. The number of methoxy groups -OCH3 is 4. The number of ketones is 2. The third-order valence-corrected chi connectivity index (χ3v) is 6.91. The van der Waals surface area contributed by atoms with Crippen molar-refractivity contribution in [3.8, 4) is 0 Å². The molecule has 0 aromatic carbocycles. The average molecular weight is 653 g/mol. The van der Waals surface area contributed by atoms with Crippen LogP contribution in [0.5, 0.6) is 0 Å². The van der Waals surface area contributed by atoms with E-state index in [1.54, 1.807) is 13.8 Å². The minimum atomic E-state index is -1.95. The lowest BCUT2D eigenvalue weighted by Crippen LogP contribution is -2.57. The molecular weight excluding hydrogens is 620 g/mol. The Labute approximate surface area is 261 Å². The standard InChI is InChI=1S/C28H32N2O16/c1-7-43-11(31)9-29-23-17(27(37)41-5)13(25(35)39-3)15-20(34)22-16(19(33)21(15)45-23)14(26(36)40-4)18(28(38)42-6)24(46-22)30-10-12(32)44-8-2/h13-15,21,29-30H,7-10H2,1-6H3. The molecule has 0 saturated heterocycles. The maximum absolute atomic E-state index is 14.2. The summed E-state index contributed by atoms with van der Waals surface area (Å²) in [6, 6.07) is 0. The number of hydrogen-bond donors (Lipinski definition) is 2. The predicted molar refractivity (Wildman–Crippen MR) is 145 cm³/mol. The van der Waals surface area contributed by atoms with Gasteiger partial charge in [0.05, 0.1) is 53.1 Å². The van der Waals surface area contributed by atoms with Crippen molar-refractivity contribution in [3.63, 3.8) is 0 Å². The van der Waals surface area contributed by atoms with Crippen LogP contribution in [0.1, 0.15) is 13.8 Å². The molecule has 2 N–H and O–H groups in total. The Kier molecular flexibility index (Phi) is 11.5. The van der Waals surface area contributed by atoms with Gasteiger partial charge in [-0.25, -0.2) is 9.59 Å². The second-order valence-corrected chi connectivity index (χ2v) is 9.38. The number of allylic oxidation sites excluding steroid dienone is 1. The van der Waals surface area contributed by atoms with E-state index in [1.165, 1.54) is 0 Å². The van der Waals surface area contributed by atoms with E-state index in [2.05, 4.69) is 10.6 Å². The molecule has 0 spiro atoms. The van der Waals surface area contributed by atoms with Crippen molar-refractivity contribution in [2.75, 3.05) is 54.7 Å². The summed E-state index contributed by atoms with van der Waals surface area (Å²) < 4.78 is 40.4. The molecule has 0 aromatic heterocycles. The number of fused-ring (bicyclic) bond motifs is 1. The van der Waals surface area contributed by atoms with Gasteiger partial charge >= 0.3 is 35.8 Å². The van der Waals surface area contributed by atoms with Crippen LogP contribution in [0.4, 0.5) is 0 Å². The SMILES string of the molecule is CCOC(=O)CNC1=C(C(=O)OC)C(C(=O)OC)C2=C(O1)C(=O)C1C(OC(NCC(=O)OCC)=C(C(=O)OC)C1C(=O)OC)C2=O.